The third-order valence-electron chi connectivity index (χ3n) is 5.17. The molecule has 0 unspecified atom stereocenters. The van der Waals surface area contributed by atoms with E-state index in [4.69, 9.17) is 9.47 Å². The van der Waals surface area contributed by atoms with Gasteiger partial charge in [-0.05, 0) is 29.2 Å². The minimum absolute atomic E-state index is 0.0654. The van der Waals surface area contributed by atoms with Crippen LogP contribution in [0.5, 0.6) is 0 Å². The van der Waals surface area contributed by atoms with Gasteiger partial charge in [-0.25, -0.2) is 4.79 Å². The topological polar surface area (TPSA) is 52.6 Å². The largest absolute Gasteiger partial charge is 0.465 e. The molecule has 0 aliphatic rings. The van der Waals surface area contributed by atoms with E-state index in [0.717, 1.165) is 37.7 Å². The predicted molar refractivity (Wildman–Crippen MR) is 142 cm³/mol. The zero-order valence-electron chi connectivity index (χ0n) is 20.6. The number of ether oxygens (including phenoxy) is 2. The molecule has 0 fully saturated rings. The molecular weight excluding hydrogens is 436 g/mol. The zero-order valence-corrected chi connectivity index (χ0v) is 20.6. The molecule has 184 valence electrons. The molecule has 4 heteroatoms. The van der Waals surface area contributed by atoms with Gasteiger partial charge in [0.15, 0.2) is 0 Å². The summed E-state index contributed by atoms with van der Waals surface area (Å²) in [7, 11) is 0. The molecule has 3 rings (SSSR count). The van der Waals surface area contributed by atoms with Crippen LogP contribution in [0.25, 0.3) is 6.08 Å². The van der Waals surface area contributed by atoms with Crippen LogP contribution in [0.4, 0.5) is 0 Å². The van der Waals surface area contributed by atoms with Crippen LogP contribution in [-0.4, -0.2) is 25.2 Å². The molecule has 0 heterocycles. The lowest BCUT2D eigenvalue weighted by atomic mass is 10.2. The Kier molecular flexibility index (Phi) is 14.0. The molecule has 3 aromatic carbocycles. The fourth-order valence-corrected chi connectivity index (χ4v) is 3.21. The van der Waals surface area contributed by atoms with Crippen molar-refractivity contribution >= 4 is 18.0 Å². The van der Waals surface area contributed by atoms with Crippen LogP contribution in [0.3, 0.4) is 0 Å². The van der Waals surface area contributed by atoms with Crippen LogP contribution >= 0.6 is 0 Å². The van der Waals surface area contributed by atoms with Gasteiger partial charge in [0, 0.05) is 25.3 Å². The first-order valence-electron chi connectivity index (χ1n) is 12.3. The van der Waals surface area contributed by atoms with Gasteiger partial charge >= 0.3 is 11.9 Å². The van der Waals surface area contributed by atoms with Crippen molar-refractivity contribution in [3.8, 4) is 0 Å². The van der Waals surface area contributed by atoms with E-state index in [1.807, 2.05) is 91.0 Å². The second kappa shape index (κ2) is 17.8. The Bertz CT molecular complexity index is 982. The summed E-state index contributed by atoms with van der Waals surface area (Å²) in [6.45, 7) is 3.03. The van der Waals surface area contributed by atoms with Gasteiger partial charge in [-0.15, -0.1) is 0 Å². The Morgan fingerprint density at radius 1 is 0.686 bits per heavy atom. The van der Waals surface area contributed by atoms with Crippen molar-refractivity contribution in [1.29, 1.82) is 0 Å². The molecule has 0 atom stereocenters. The SMILES string of the molecule is CCCCCC(=O)OCCc1ccccc1.O=C(C=Cc1ccccc1)OCCc1ccccc1. The summed E-state index contributed by atoms with van der Waals surface area (Å²) in [5.41, 5.74) is 3.37. The number of unbranched alkanes of at least 4 members (excludes halogenated alkanes) is 2. The van der Waals surface area contributed by atoms with Crippen molar-refractivity contribution in [2.75, 3.05) is 13.2 Å². The maximum atomic E-state index is 11.5. The van der Waals surface area contributed by atoms with Crippen LogP contribution in [-0.2, 0) is 31.9 Å². The third-order valence-corrected chi connectivity index (χ3v) is 5.17. The van der Waals surface area contributed by atoms with E-state index in [1.54, 1.807) is 6.08 Å². The van der Waals surface area contributed by atoms with Gasteiger partial charge in [0.25, 0.3) is 0 Å². The molecule has 0 aromatic heterocycles. The van der Waals surface area contributed by atoms with E-state index in [2.05, 4.69) is 6.92 Å². The molecule has 0 saturated heterocycles. The molecule has 0 spiro atoms. The Morgan fingerprint density at radius 2 is 1.20 bits per heavy atom. The molecule has 0 bridgehead atoms. The minimum atomic E-state index is -0.306. The highest BCUT2D eigenvalue weighted by molar-refractivity contribution is 5.87. The predicted octanol–water partition coefficient (Wildman–Crippen LogP) is 6.84. The van der Waals surface area contributed by atoms with Gasteiger partial charge in [0.05, 0.1) is 13.2 Å². The van der Waals surface area contributed by atoms with Gasteiger partial charge in [0.2, 0.25) is 0 Å². The van der Waals surface area contributed by atoms with Crippen molar-refractivity contribution in [2.45, 2.75) is 45.4 Å². The standard InChI is InChI=1S/C17H16O2.C14H20O2/c18-17(12-11-15-7-3-1-4-8-15)19-14-13-16-9-5-2-6-10-16;1-2-3-5-10-14(15)16-12-11-13-8-6-4-7-9-13/h1-12H,13-14H2;4,6-9H,2-3,5,10-12H2,1H3. The Balaban J connectivity index is 0.000000251. The minimum Gasteiger partial charge on any atom is -0.465 e. The van der Waals surface area contributed by atoms with Gasteiger partial charge in [-0.1, -0.05) is 111 Å². The van der Waals surface area contributed by atoms with Crippen molar-refractivity contribution < 1.29 is 19.1 Å². The van der Waals surface area contributed by atoms with E-state index < -0.39 is 0 Å². The van der Waals surface area contributed by atoms with Crippen LogP contribution < -0.4 is 0 Å². The molecule has 0 amide bonds. The lowest BCUT2D eigenvalue weighted by Crippen LogP contribution is -2.07. The first-order chi connectivity index (χ1) is 17.2. The van der Waals surface area contributed by atoms with Gasteiger partial charge in [0.1, 0.15) is 0 Å². The van der Waals surface area contributed by atoms with Crippen molar-refractivity contribution in [2.24, 2.45) is 0 Å². The third kappa shape index (κ3) is 13.6. The van der Waals surface area contributed by atoms with E-state index >= 15 is 0 Å². The first kappa shape index (κ1) is 27.6. The lowest BCUT2D eigenvalue weighted by Gasteiger charge is -2.04. The Morgan fingerprint density at radius 3 is 1.74 bits per heavy atom. The molecular formula is C31H36O4. The number of rotatable bonds is 12. The highest BCUT2D eigenvalue weighted by atomic mass is 16.5. The Hall–Kier alpha value is -3.66. The van der Waals surface area contributed by atoms with Crippen LogP contribution in [0.1, 0.15) is 49.3 Å². The highest BCUT2D eigenvalue weighted by Crippen LogP contribution is 2.04. The van der Waals surface area contributed by atoms with Crippen molar-refractivity contribution in [3.05, 3.63) is 114 Å². The number of benzene rings is 3. The average Bonchev–Trinajstić information content (AvgIpc) is 2.90. The summed E-state index contributed by atoms with van der Waals surface area (Å²) in [5.74, 6) is -0.371. The van der Waals surface area contributed by atoms with Crippen LogP contribution in [0.15, 0.2) is 97.1 Å². The van der Waals surface area contributed by atoms with E-state index in [9.17, 15) is 9.59 Å². The first-order valence-corrected chi connectivity index (χ1v) is 12.3. The summed E-state index contributed by atoms with van der Waals surface area (Å²) < 4.78 is 10.3. The molecule has 35 heavy (non-hydrogen) atoms. The van der Waals surface area contributed by atoms with E-state index in [0.29, 0.717) is 19.6 Å². The molecule has 0 radical (unpaired) electrons. The number of carbonyl (C=O) groups is 2. The summed E-state index contributed by atoms with van der Waals surface area (Å²) in [6.07, 6.45) is 8.51. The van der Waals surface area contributed by atoms with E-state index in [-0.39, 0.29) is 11.9 Å². The quantitative estimate of drug-likeness (QED) is 0.165. The fraction of sp³-hybridized carbons (Fsp3) is 0.290. The summed E-state index contributed by atoms with van der Waals surface area (Å²) in [4.78, 5) is 22.8. The zero-order chi connectivity index (χ0) is 25.0. The van der Waals surface area contributed by atoms with Crippen LogP contribution in [0, 0.1) is 0 Å². The average molecular weight is 473 g/mol. The number of hydrogen-bond donors (Lipinski definition) is 0. The van der Waals surface area contributed by atoms with Gasteiger partial charge in [-0.2, -0.15) is 0 Å². The maximum Gasteiger partial charge on any atom is 0.330 e. The molecule has 3 aromatic rings. The fourth-order valence-electron chi connectivity index (χ4n) is 3.21. The summed E-state index contributed by atoms with van der Waals surface area (Å²) >= 11 is 0. The van der Waals surface area contributed by atoms with Crippen LogP contribution in [0.2, 0.25) is 0 Å². The van der Waals surface area contributed by atoms with Crippen molar-refractivity contribution in [1.82, 2.24) is 0 Å². The maximum absolute atomic E-state index is 11.5. The van der Waals surface area contributed by atoms with Crippen molar-refractivity contribution in [3.63, 3.8) is 0 Å². The second-order valence-corrected chi connectivity index (χ2v) is 8.06. The molecule has 4 nitrogen and oxygen atoms in total. The molecule has 0 aliphatic heterocycles. The number of carbonyl (C=O) groups excluding carboxylic acids is 2. The molecule has 0 saturated carbocycles. The lowest BCUT2D eigenvalue weighted by molar-refractivity contribution is -0.143. The van der Waals surface area contributed by atoms with E-state index in [1.165, 1.54) is 17.2 Å². The number of esters is 2. The molecule has 0 aliphatic carbocycles. The van der Waals surface area contributed by atoms with Gasteiger partial charge < -0.3 is 9.47 Å². The smallest absolute Gasteiger partial charge is 0.330 e. The second-order valence-electron chi connectivity index (χ2n) is 8.06. The normalized spacial score (nSPS) is 10.3. The number of hydrogen-bond acceptors (Lipinski definition) is 4. The summed E-state index contributed by atoms with van der Waals surface area (Å²) in [5, 5.41) is 0. The molecule has 0 N–H and O–H groups in total. The highest BCUT2D eigenvalue weighted by Gasteiger charge is 2.02. The monoisotopic (exact) mass is 472 g/mol. The summed E-state index contributed by atoms with van der Waals surface area (Å²) in [6, 6.07) is 29.7. The van der Waals surface area contributed by atoms with Gasteiger partial charge in [-0.3, -0.25) is 4.79 Å². The Labute approximate surface area is 209 Å².